The Labute approximate surface area is 266 Å². The lowest BCUT2D eigenvalue weighted by Gasteiger charge is -2.37. The fourth-order valence-electron chi connectivity index (χ4n) is 8.54. The molecule has 8 rings (SSSR count). The van der Waals surface area contributed by atoms with Crippen LogP contribution >= 0.6 is 0 Å². The molecule has 0 bridgehead atoms. The largest absolute Gasteiger partial charge is 0.337 e. The zero-order chi connectivity index (χ0) is 30.9. The van der Waals surface area contributed by atoms with Crippen molar-refractivity contribution < 1.29 is 0 Å². The number of fused-ring (bicyclic) bond motifs is 6. The molecule has 218 valence electrons. The summed E-state index contributed by atoms with van der Waals surface area (Å²) in [5, 5.41) is 2.52. The molecule has 3 atom stereocenters. The molecule has 0 aromatic heterocycles. The van der Waals surface area contributed by atoms with E-state index in [2.05, 4.69) is 166 Å². The molecule has 1 heteroatoms. The summed E-state index contributed by atoms with van der Waals surface area (Å²) >= 11 is 0. The Balaban J connectivity index is 1.39. The number of hydrogen-bond donors (Lipinski definition) is 0. The number of allylic oxidation sites excluding steroid dienone is 7. The van der Waals surface area contributed by atoms with Crippen LogP contribution in [-0.2, 0) is 10.8 Å². The molecule has 45 heavy (non-hydrogen) atoms. The SMILES string of the molecule is C=C/C=C\C1=C(C)C2(/C(=C/C3(C)c4ccccc4N(c4ccc5ccccc5c4)C3C)C(=C)c3ccccc32)c2ccccc21. The van der Waals surface area contributed by atoms with Crippen molar-refractivity contribution in [2.75, 3.05) is 4.90 Å². The topological polar surface area (TPSA) is 3.24 Å². The standard InChI is InChI=1S/C44H37N/c1-6-7-18-36-30(3)44(39-22-13-11-20-37(36)39)38-21-12-10-19-35(38)29(2)41(44)28-43(5)31(4)45(42-24-15-14-23-40(42)43)34-26-25-32-16-8-9-17-33(32)27-34/h6-28,31H,1-2H2,3-5H3/b18-7-,41-28+. The fraction of sp³-hybridized carbons (Fsp3) is 0.136. The summed E-state index contributed by atoms with van der Waals surface area (Å²) < 4.78 is 0. The Bertz CT molecular complexity index is 2160. The maximum Gasteiger partial charge on any atom is 0.0682 e. The third-order valence-electron chi connectivity index (χ3n) is 10.8. The lowest BCUT2D eigenvalue weighted by atomic mass is 9.67. The van der Waals surface area contributed by atoms with Crippen LogP contribution in [-0.4, -0.2) is 6.04 Å². The maximum atomic E-state index is 4.82. The van der Waals surface area contributed by atoms with Gasteiger partial charge in [0.1, 0.15) is 0 Å². The molecule has 1 aliphatic heterocycles. The number of nitrogens with zero attached hydrogens (tertiary/aromatic N) is 1. The average Bonchev–Trinajstić information content (AvgIpc) is 3.57. The Morgan fingerprint density at radius 3 is 2.11 bits per heavy atom. The van der Waals surface area contributed by atoms with Crippen LogP contribution in [0.2, 0.25) is 0 Å². The Morgan fingerprint density at radius 2 is 1.36 bits per heavy atom. The average molecular weight is 580 g/mol. The van der Waals surface area contributed by atoms with E-state index in [0.29, 0.717) is 0 Å². The number of rotatable bonds is 4. The van der Waals surface area contributed by atoms with E-state index in [1.54, 1.807) is 0 Å². The molecule has 2 aliphatic carbocycles. The second-order valence-electron chi connectivity index (χ2n) is 12.9. The summed E-state index contributed by atoms with van der Waals surface area (Å²) in [6, 6.07) is 42.5. The predicted molar refractivity (Wildman–Crippen MR) is 192 cm³/mol. The van der Waals surface area contributed by atoms with Gasteiger partial charge in [-0.3, -0.25) is 0 Å². The van der Waals surface area contributed by atoms with E-state index < -0.39 is 5.41 Å². The van der Waals surface area contributed by atoms with Crippen molar-refractivity contribution >= 4 is 33.3 Å². The molecule has 0 radical (unpaired) electrons. The Hall–Kier alpha value is -5.14. The molecule has 5 aromatic carbocycles. The van der Waals surface area contributed by atoms with Gasteiger partial charge in [0.25, 0.3) is 0 Å². The highest BCUT2D eigenvalue weighted by atomic mass is 15.2. The van der Waals surface area contributed by atoms with E-state index >= 15 is 0 Å². The minimum Gasteiger partial charge on any atom is -0.337 e. The molecule has 0 saturated carbocycles. The highest BCUT2D eigenvalue weighted by Crippen LogP contribution is 2.64. The highest BCUT2D eigenvalue weighted by molar-refractivity contribution is 6.00. The summed E-state index contributed by atoms with van der Waals surface area (Å²) in [6.07, 6.45) is 8.74. The van der Waals surface area contributed by atoms with E-state index in [-0.39, 0.29) is 11.5 Å². The van der Waals surface area contributed by atoms with Crippen LogP contribution in [0.25, 0.3) is 21.9 Å². The molecular formula is C44H37N. The zero-order valence-corrected chi connectivity index (χ0v) is 26.2. The monoisotopic (exact) mass is 579 g/mol. The minimum atomic E-state index is -0.418. The van der Waals surface area contributed by atoms with E-state index in [1.807, 2.05) is 6.08 Å². The van der Waals surface area contributed by atoms with Gasteiger partial charge in [0, 0.05) is 22.8 Å². The summed E-state index contributed by atoms with van der Waals surface area (Å²) in [7, 11) is 0. The normalized spacial score (nSPS) is 24.2. The molecule has 1 heterocycles. The molecule has 5 aromatic rings. The smallest absolute Gasteiger partial charge is 0.0682 e. The number of hydrogen-bond acceptors (Lipinski definition) is 1. The maximum absolute atomic E-state index is 4.82. The van der Waals surface area contributed by atoms with Crippen LogP contribution in [0.15, 0.2) is 164 Å². The second-order valence-corrected chi connectivity index (χ2v) is 12.9. The summed E-state index contributed by atoms with van der Waals surface area (Å²) in [6.45, 7) is 15.9. The predicted octanol–water partition coefficient (Wildman–Crippen LogP) is 11.1. The fourth-order valence-corrected chi connectivity index (χ4v) is 8.54. The van der Waals surface area contributed by atoms with Gasteiger partial charge in [-0.25, -0.2) is 0 Å². The van der Waals surface area contributed by atoms with Crippen molar-refractivity contribution in [3.8, 4) is 0 Å². The van der Waals surface area contributed by atoms with Gasteiger partial charge in [-0.05, 0) is 99.9 Å². The van der Waals surface area contributed by atoms with Crippen molar-refractivity contribution in [3.05, 3.63) is 192 Å². The van der Waals surface area contributed by atoms with Gasteiger partial charge in [-0.2, -0.15) is 0 Å². The molecular weight excluding hydrogens is 542 g/mol. The van der Waals surface area contributed by atoms with E-state index in [9.17, 15) is 0 Å². The van der Waals surface area contributed by atoms with Crippen LogP contribution in [0.3, 0.4) is 0 Å². The molecule has 3 unspecified atom stereocenters. The van der Waals surface area contributed by atoms with Gasteiger partial charge in [-0.15, -0.1) is 0 Å². The van der Waals surface area contributed by atoms with Crippen molar-refractivity contribution in [2.24, 2.45) is 0 Å². The summed E-state index contributed by atoms with van der Waals surface area (Å²) in [5.41, 5.74) is 13.3. The van der Waals surface area contributed by atoms with E-state index in [1.165, 1.54) is 66.7 Å². The van der Waals surface area contributed by atoms with Crippen molar-refractivity contribution in [2.45, 2.75) is 37.6 Å². The van der Waals surface area contributed by atoms with Gasteiger partial charge < -0.3 is 4.90 Å². The molecule has 1 spiro atoms. The quantitative estimate of drug-likeness (QED) is 0.191. The molecule has 0 fully saturated rings. The van der Waals surface area contributed by atoms with Gasteiger partial charge in [0.15, 0.2) is 0 Å². The van der Waals surface area contributed by atoms with Gasteiger partial charge >= 0.3 is 0 Å². The van der Waals surface area contributed by atoms with Crippen molar-refractivity contribution in [3.63, 3.8) is 0 Å². The van der Waals surface area contributed by atoms with Crippen LogP contribution in [0.1, 0.15) is 48.6 Å². The lowest BCUT2D eigenvalue weighted by Crippen LogP contribution is -2.38. The first-order valence-corrected chi connectivity index (χ1v) is 15.9. The highest BCUT2D eigenvalue weighted by Gasteiger charge is 2.54. The zero-order valence-electron chi connectivity index (χ0n) is 26.2. The molecule has 0 N–H and O–H groups in total. The Morgan fingerprint density at radius 1 is 0.733 bits per heavy atom. The molecule has 3 aliphatic rings. The van der Waals surface area contributed by atoms with Crippen LogP contribution in [0, 0.1) is 0 Å². The van der Waals surface area contributed by atoms with Crippen LogP contribution < -0.4 is 4.90 Å². The second kappa shape index (κ2) is 9.94. The first kappa shape index (κ1) is 27.4. The Kier molecular flexibility index (Phi) is 6.05. The molecule has 0 amide bonds. The lowest BCUT2D eigenvalue weighted by molar-refractivity contribution is 0.511. The van der Waals surface area contributed by atoms with Crippen LogP contribution in [0.4, 0.5) is 11.4 Å². The third-order valence-corrected chi connectivity index (χ3v) is 10.8. The van der Waals surface area contributed by atoms with Crippen LogP contribution in [0.5, 0.6) is 0 Å². The van der Waals surface area contributed by atoms with Gasteiger partial charge in [0.05, 0.1) is 5.41 Å². The summed E-state index contributed by atoms with van der Waals surface area (Å²) in [4.78, 5) is 2.54. The van der Waals surface area contributed by atoms with E-state index in [0.717, 1.165) is 5.57 Å². The van der Waals surface area contributed by atoms with Crippen molar-refractivity contribution in [1.29, 1.82) is 0 Å². The molecule has 0 saturated heterocycles. The number of benzene rings is 5. The first-order chi connectivity index (χ1) is 21.9. The third kappa shape index (κ3) is 3.61. The number of para-hydroxylation sites is 1. The first-order valence-electron chi connectivity index (χ1n) is 15.9. The van der Waals surface area contributed by atoms with Gasteiger partial charge in [0.2, 0.25) is 0 Å². The molecule has 1 nitrogen and oxygen atoms in total. The minimum absolute atomic E-state index is 0.165. The van der Waals surface area contributed by atoms with Crippen molar-refractivity contribution in [1.82, 2.24) is 0 Å². The van der Waals surface area contributed by atoms with E-state index in [4.69, 9.17) is 6.58 Å². The number of anilines is 2. The summed E-state index contributed by atoms with van der Waals surface area (Å²) in [5.74, 6) is 0. The van der Waals surface area contributed by atoms with Gasteiger partial charge in [-0.1, -0.05) is 135 Å².